The molecule has 27 heavy (non-hydrogen) atoms. The van der Waals surface area contributed by atoms with E-state index in [1.807, 2.05) is 0 Å². The van der Waals surface area contributed by atoms with Crippen LogP contribution in [-0.4, -0.2) is 39.9 Å². The van der Waals surface area contributed by atoms with Gasteiger partial charge in [-0.05, 0) is 57.3 Å². The fourth-order valence-corrected chi connectivity index (χ4v) is 6.32. The lowest BCUT2D eigenvalue weighted by Crippen LogP contribution is -2.75. The fourth-order valence-electron chi connectivity index (χ4n) is 6.32. The predicted molar refractivity (Wildman–Crippen MR) is 73.3 cm³/mol. The number of aliphatic hydroxyl groups is 2. The highest BCUT2D eigenvalue weighted by atomic mass is 19.4. The van der Waals surface area contributed by atoms with Crippen LogP contribution in [0.15, 0.2) is 0 Å². The van der Waals surface area contributed by atoms with Gasteiger partial charge in [-0.2, -0.15) is 39.5 Å². The zero-order valence-corrected chi connectivity index (χ0v) is 14.2. The van der Waals surface area contributed by atoms with E-state index in [0.717, 1.165) is 0 Å². The molecule has 3 unspecified atom stereocenters. The predicted octanol–water partition coefficient (Wildman–Crippen LogP) is 4.74. The van der Waals surface area contributed by atoms with Crippen molar-refractivity contribution in [3.63, 3.8) is 0 Å². The van der Waals surface area contributed by atoms with Crippen LogP contribution in [0.25, 0.3) is 0 Å². The first-order chi connectivity index (χ1) is 11.8. The van der Waals surface area contributed by atoms with E-state index in [-0.39, 0.29) is 19.3 Å². The minimum Gasteiger partial charge on any atom is -0.380 e. The van der Waals surface area contributed by atoms with E-state index in [1.165, 1.54) is 0 Å². The molecule has 0 amide bonds. The van der Waals surface area contributed by atoms with Gasteiger partial charge in [0.15, 0.2) is 5.60 Å². The third kappa shape index (κ3) is 2.49. The van der Waals surface area contributed by atoms with Gasteiger partial charge in [-0.3, -0.25) is 0 Å². The van der Waals surface area contributed by atoms with Crippen LogP contribution in [0, 0.1) is 22.7 Å². The van der Waals surface area contributed by atoms with Gasteiger partial charge in [0.05, 0.1) is 0 Å². The first-order valence-corrected chi connectivity index (χ1v) is 8.47. The monoisotopic (exact) mass is 414 g/mol. The summed E-state index contributed by atoms with van der Waals surface area (Å²) in [4.78, 5) is 0. The van der Waals surface area contributed by atoms with Gasteiger partial charge in [0.2, 0.25) is 0 Å². The van der Waals surface area contributed by atoms with Crippen LogP contribution in [0.3, 0.4) is 0 Å². The zero-order chi connectivity index (χ0) is 20.9. The SMILES string of the molecule is CC(O)(C(F)(F)F)C12CC3CC(C1)CC(C(O)(C(F)(F)F)C(F)(F)F)(C3)C2. The number of rotatable bonds is 2. The number of hydrogen-bond donors (Lipinski definition) is 2. The number of hydrogen-bond acceptors (Lipinski definition) is 2. The van der Waals surface area contributed by atoms with Crippen LogP contribution in [0.5, 0.6) is 0 Å². The molecule has 4 saturated carbocycles. The Kier molecular flexibility index (Phi) is 4.09. The molecule has 4 aliphatic rings. The Morgan fingerprint density at radius 1 is 0.667 bits per heavy atom. The lowest BCUT2D eigenvalue weighted by Gasteiger charge is -2.68. The third-order valence-electron chi connectivity index (χ3n) is 7.23. The summed E-state index contributed by atoms with van der Waals surface area (Å²) < 4.78 is 121. The maximum atomic E-state index is 13.5. The molecular formula is C16H19F9O2. The summed E-state index contributed by atoms with van der Waals surface area (Å²) in [6, 6.07) is 0. The van der Waals surface area contributed by atoms with E-state index >= 15 is 0 Å². The molecule has 158 valence electrons. The second kappa shape index (κ2) is 5.25. The van der Waals surface area contributed by atoms with E-state index in [4.69, 9.17) is 0 Å². The quantitative estimate of drug-likeness (QED) is 0.641. The highest BCUT2D eigenvalue weighted by Gasteiger charge is 2.83. The van der Waals surface area contributed by atoms with Crippen LogP contribution in [0.4, 0.5) is 39.5 Å². The van der Waals surface area contributed by atoms with E-state index in [0.29, 0.717) is 6.92 Å². The van der Waals surface area contributed by atoms with Gasteiger partial charge in [-0.1, -0.05) is 0 Å². The average Bonchev–Trinajstić information content (AvgIpc) is 2.40. The van der Waals surface area contributed by atoms with Gasteiger partial charge in [-0.25, -0.2) is 0 Å². The minimum atomic E-state index is -6.11. The van der Waals surface area contributed by atoms with Crippen molar-refractivity contribution in [3.05, 3.63) is 0 Å². The molecule has 4 aliphatic carbocycles. The highest BCUT2D eigenvalue weighted by molar-refractivity contribution is 5.21. The Labute approximate surface area is 148 Å². The molecule has 4 bridgehead atoms. The normalized spacial score (nSPS) is 39.6. The Morgan fingerprint density at radius 3 is 1.37 bits per heavy atom. The van der Waals surface area contributed by atoms with Crippen LogP contribution in [0.1, 0.15) is 45.4 Å². The summed E-state index contributed by atoms with van der Waals surface area (Å²) >= 11 is 0. The van der Waals surface area contributed by atoms with Gasteiger partial charge in [0, 0.05) is 10.8 Å². The van der Waals surface area contributed by atoms with Crippen molar-refractivity contribution in [2.24, 2.45) is 22.7 Å². The molecule has 0 radical (unpaired) electrons. The Bertz CT molecular complexity index is 589. The molecule has 2 N–H and O–H groups in total. The molecule has 0 saturated heterocycles. The average molecular weight is 414 g/mol. The van der Waals surface area contributed by atoms with Crippen molar-refractivity contribution in [2.45, 2.75) is 75.2 Å². The Balaban J connectivity index is 2.18. The molecule has 0 aromatic heterocycles. The van der Waals surface area contributed by atoms with E-state index < -0.39 is 71.7 Å². The van der Waals surface area contributed by atoms with Crippen molar-refractivity contribution in [1.29, 1.82) is 0 Å². The highest BCUT2D eigenvalue weighted by Crippen LogP contribution is 2.75. The first kappa shape index (κ1) is 21.0. The van der Waals surface area contributed by atoms with Crippen LogP contribution in [0.2, 0.25) is 0 Å². The van der Waals surface area contributed by atoms with Gasteiger partial charge in [0.25, 0.3) is 5.60 Å². The topological polar surface area (TPSA) is 40.5 Å². The van der Waals surface area contributed by atoms with Crippen LogP contribution < -0.4 is 0 Å². The summed E-state index contributed by atoms with van der Waals surface area (Å²) in [7, 11) is 0. The smallest absolute Gasteiger partial charge is 0.380 e. The number of halogens is 9. The van der Waals surface area contributed by atoms with Gasteiger partial charge < -0.3 is 10.2 Å². The summed E-state index contributed by atoms with van der Waals surface area (Å²) in [5.41, 5.74) is -13.6. The molecule has 0 aliphatic heterocycles. The first-order valence-electron chi connectivity index (χ1n) is 8.47. The van der Waals surface area contributed by atoms with Gasteiger partial charge in [0.1, 0.15) is 0 Å². The summed E-state index contributed by atoms with van der Waals surface area (Å²) in [5, 5.41) is 20.3. The molecule has 3 atom stereocenters. The largest absolute Gasteiger partial charge is 0.426 e. The van der Waals surface area contributed by atoms with Crippen LogP contribution >= 0.6 is 0 Å². The molecule has 0 aromatic rings. The van der Waals surface area contributed by atoms with Gasteiger partial charge in [-0.15, -0.1) is 0 Å². The molecule has 2 nitrogen and oxygen atoms in total. The van der Waals surface area contributed by atoms with Crippen molar-refractivity contribution in [3.8, 4) is 0 Å². The van der Waals surface area contributed by atoms with E-state index in [2.05, 4.69) is 0 Å². The molecular weight excluding hydrogens is 395 g/mol. The van der Waals surface area contributed by atoms with Crippen molar-refractivity contribution < 1.29 is 49.7 Å². The zero-order valence-electron chi connectivity index (χ0n) is 14.2. The van der Waals surface area contributed by atoms with Crippen molar-refractivity contribution >= 4 is 0 Å². The molecule has 4 fully saturated rings. The van der Waals surface area contributed by atoms with Crippen molar-refractivity contribution in [1.82, 2.24) is 0 Å². The maximum absolute atomic E-state index is 13.5. The molecule has 4 rings (SSSR count). The maximum Gasteiger partial charge on any atom is 0.426 e. The van der Waals surface area contributed by atoms with Gasteiger partial charge >= 0.3 is 18.5 Å². The lowest BCUT2D eigenvalue weighted by molar-refractivity contribution is -0.429. The Hall–Kier alpha value is -0.710. The second-order valence-electron chi connectivity index (χ2n) is 8.80. The molecule has 11 heteroatoms. The van der Waals surface area contributed by atoms with E-state index in [1.54, 1.807) is 0 Å². The molecule has 0 spiro atoms. The van der Waals surface area contributed by atoms with E-state index in [9.17, 15) is 49.7 Å². The third-order valence-corrected chi connectivity index (χ3v) is 7.23. The van der Waals surface area contributed by atoms with Crippen LogP contribution in [-0.2, 0) is 0 Å². The standard InChI is InChI=1S/C16H19F9O2/c1-10(26,14(17,18)19)11-3-8-2-9(4-11)6-12(5-8,7-11)13(27,15(20,21)22)16(23,24)25/h8-9,26-27H,2-7H2,1H3. The molecule has 0 aromatic carbocycles. The minimum absolute atomic E-state index is 0.198. The van der Waals surface area contributed by atoms with Crippen molar-refractivity contribution in [2.75, 3.05) is 0 Å². The summed E-state index contributed by atoms with van der Waals surface area (Å²) in [6.07, 6.45) is -20.4. The fraction of sp³-hybridized carbons (Fsp3) is 1.00. The number of alkyl halides is 9. The second-order valence-corrected chi connectivity index (χ2v) is 8.80. The molecule has 0 heterocycles. The summed E-state index contributed by atoms with van der Waals surface area (Å²) in [6.45, 7) is 0.411. The summed E-state index contributed by atoms with van der Waals surface area (Å²) in [5.74, 6) is -1.70. The lowest BCUT2D eigenvalue weighted by atomic mass is 9.38. The Morgan fingerprint density at radius 2 is 1.04 bits per heavy atom.